The van der Waals surface area contributed by atoms with Gasteiger partial charge in [-0.2, -0.15) is 0 Å². The fraction of sp³-hybridized carbons (Fsp3) is 0.250. The number of nitrogens with zero attached hydrogens (tertiary/aromatic N) is 2. The number of rotatable bonds is 5. The van der Waals surface area contributed by atoms with E-state index in [0.717, 1.165) is 24.5 Å². The van der Waals surface area contributed by atoms with Gasteiger partial charge in [0.2, 0.25) is 5.91 Å². The van der Waals surface area contributed by atoms with Crippen LogP contribution in [0.25, 0.3) is 0 Å². The molecule has 1 amide bonds. The zero-order chi connectivity index (χ0) is 13.0. The molecule has 2 rings (SSSR count). The van der Waals surface area contributed by atoms with E-state index in [2.05, 4.69) is 15.3 Å². The number of aromatic nitrogens is 2. The van der Waals surface area contributed by atoms with Crippen molar-refractivity contribution in [3.63, 3.8) is 0 Å². The van der Waals surface area contributed by atoms with Crippen LogP contribution in [0.3, 0.4) is 0 Å². The molecule has 3 N–H and O–H groups in total. The first-order valence-electron chi connectivity index (χ1n) is 5.55. The van der Waals surface area contributed by atoms with Crippen molar-refractivity contribution in [1.29, 1.82) is 0 Å². The van der Waals surface area contributed by atoms with Crippen molar-refractivity contribution in [2.75, 3.05) is 11.9 Å². The third-order valence-electron chi connectivity index (χ3n) is 2.55. The maximum absolute atomic E-state index is 10.9. The van der Waals surface area contributed by atoms with E-state index in [1.54, 1.807) is 23.5 Å². The molecular weight excluding hydrogens is 248 g/mol. The van der Waals surface area contributed by atoms with Crippen LogP contribution < -0.4 is 11.1 Å². The third-order valence-corrected chi connectivity index (χ3v) is 3.55. The Balaban J connectivity index is 1.87. The lowest BCUT2D eigenvalue weighted by Crippen LogP contribution is -2.12. The Morgan fingerprint density at radius 3 is 2.83 bits per heavy atom. The van der Waals surface area contributed by atoms with Crippen LogP contribution in [-0.4, -0.2) is 22.4 Å². The number of nitrogens with one attached hydrogen (secondary N) is 1. The van der Waals surface area contributed by atoms with E-state index in [4.69, 9.17) is 5.73 Å². The molecule has 2 aromatic rings. The van der Waals surface area contributed by atoms with Crippen molar-refractivity contribution in [1.82, 2.24) is 9.97 Å². The number of amides is 1. The molecule has 6 heteroatoms. The van der Waals surface area contributed by atoms with Crippen LogP contribution in [0.15, 0.2) is 23.8 Å². The summed E-state index contributed by atoms with van der Waals surface area (Å²) >= 11 is 1.66. The lowest BCUT2D eigenvalue weighted by molar-refractivity contribution is 0.1000. The van der Waals surface area contributed by atoms with Crippen LogP contribution in [-0.2, 0) is 6.42 Å². The Morgan fingerprint density at radius 1 is 1.44 bits per heavy atom. The Hall–Kier alpha value is -1.95. The standard InChI is InChI=1S/C12H14N4OS/c1-8-10(18-7-16-8)4-5-14-11-3-2-9(6-15-11)12(13)17/h2-3,6-7H,4-5H2,1H3,(H2,13,17)(H,14,15). The summed E-state index contributed by atoms with van der Waals surface area (Å²) < 4.78 is 0. The zero-order valence-electron chi connectivity index (χ0n) is 10.0. The number of hydrogen-bond acceptors (Lipinski definition) is 5. The Kier molecular flexibility index (Phi) is 3.88. The number of carbonyl (C=O) groups excluding carboxylic acids is 1. The van der Waals surface area contributed by atoms with Crippen LogP contribution >= 0.6 is 11.3 Å². The second-order valence-corrected chi connectivity index (χ2v) is 4.77. The van der Waals surface area contributed by atoms with Crippen molar-refractivity contribution >= 4 is 23.1 Å². The van der Waals surface area contributed by atoms with Crippen LogP contribution in [0.1, 0.15) is 20.9 Å². The molecule has 0 aromatic carbocycles. The molecular formula is C12H14N4OS. The van der Waals surface area contributed by atoms with Gasteiger partial charge in [-0.25, -0.2) is 9.97 Å². The molecule has 0 bridgehead atoms. The van der Waals surface area contributed by atoms with E-state index in [1.807, 2.05) is 12.4 Å². The van der Waals surface area contributed by atoms with Gasteiger partial charge < -0.3 is 11.1 Å². The average molecular weight is 262 g/mol. The zero-order valence-corrected chi connectivity index (χ0v) is 10.8. The molecule has 0 aliphatic carbocycles. The number of aryl methyl sites for hydroxylation is 1. The van der Waals surface area contributed by atoms with E-state index in [9.17, 15) is 4.79 Å². The predicted octanol–water partition coefficient (Wildman–Crippen LogP) is 1.60. The molecule has 0 saturated carbocycles. The average Bonchev–Trinajstić information content (AvgIpc) is 2.76. The first kappa shape index (κ1) is 12.5. The van der Waals surface area contributed by atoms with Gasteiger partial charge >= 0.3 is 0 Å². The minimum absolute atomic E-state index is 0.416. The molecule has 2 aromatic heterocycles. The fourth-order valence-corrected chi connectivity index (χ4v) is 2.30. The normalized spacial score (nSPS) is 10.3. The molecule has 18 heavy (non-hydrogen) atoms. The van der Waals surface area contributed by atoms with Crippen molar-refractivity contribution < 1.29 is 4.79 Å². The largest absolute Gasteiger partial charge is 0.370 e. The van der Waals surface area contributed by atoms with Gasteiger partial charge in [0.15, 0.2) is 0 Å². The Morgan fingerprint density at radius 2 is 2.28 bits per heavy atom. The second-order valence-electron chi connectivity index (χ2n) is 3.83. The van der Waals surface area contributed by atoms with Gasteiger partial charge in [-0.3, -0.25) is 4.79 Å². The Bertz CT molecular complexity index is 535. The molecule has 0 aliphatic rings. The van der Waals surface area contributed by atoms with Crippen LogP contribution in [0.4, 0.5) is 5.82 Å². The van der Waals surface area contributed by atoms with Gasteiger partial charge in [0.25, 0.3) is 0 Å². The SMILES string of the molecule is Cc1ncsc1CCNc1ccc(C(N)=O)cn1. The molecule has 0 radical (unpaired) electrons. The number of thiazole rings is 1. The molecule has 94 valence electrons. The Labute approximate surface area is 109 Å². The van der Waals surface area contributed by atoms with Gasteiger partial charge in [-0.1, -0.05) is 0 Å². The fourth-order valence-electron chi connectivity index (χ4n) is 1.51. The van der Waals surface area contributed by atoms with Crippen molar-refractivity contribution in [2.24, 2.45) is 5.73 Å². The molecule has 5 nitrogen and oxygen atoms in total. The summed E-state index contributed by atoms with van der Waals surface area (Å²) in [6.07, 6.45) is 2.39. The predicted molar refractivity (Wildman–Crippen MR) is 71.8 cm³/mol. The van der Waals surface area contributed by atoms with Gasteiger partial charge in [0, 0.05) is 24.0 Å². The van der Waals surface area contributed by atoms with Gasteiger partial charge in [-0.05, 0) is 19.1 Å². The second kappa shape index (κ2) is 5.59. The lowest BCUT2D eigenvalue weighted by Gasteiger charge is -2.05. The molecule has 0 spiro atoms. The van der Waals surface area contributed by atoms with Gasteiger partial charge in [0.05, 0.1) is 16.8 Å². The van der Waals surface area contributed by atoms with Crippen molar-refractivity contribution in [2.45, 2.75) is 13.3 Å². The number of carbonyl (C=O) groups is 1. The van der Waals surface area contributed by atoms with E-state index < -0.39 is 5.91 Å². The molecule has 0 atom stereocenters. The van der Waals surface area contributed by atoms with Gasteiger partial charge in [-0.15, -0.1) is 11.3 Å². The highest BCUT2D eigenvalue weighted by Gasteiger charge is 2.02. The highest BCUT2D eigenvalue weighted by Crippen LogP contribution is 2.13. The van der Waals surface area contributed by atoms with Crippen LogP contribution in [0, 0.1) is 6.92 Å². The quantitative estimate of drug-likeness (QED) is 0.857. The maximum Gasteiger partial charge on any atom is 0.250 e. The number of pyridine rings is 1. The van der Waals surface area contributed by atoms with Crippen molar-refractivity contribution in [3.05, 3.63) is 40.0 Å². The molecule has 2 heterocycles. The van der Waals surface area contributed by atoms with E-state index >= 15 is 0 Å². The molecule has 0 saturated heterocycles. The summed E-state index contributed by atoms with van der Waals surface area (Å²) in [5, 5.41) is 3.19. The number of nitrogens with two attached hydrogens (primary N) is 1. The first-order valence-corrected chi connectivity index (χ1v) is 6.43. The molecule has 0 fully saturated rings. The maximum atomic E-state index is 10.9. The van der Waals surface area contributed by atoms with Crippen molar-refractivity contribution in [3.8, 4) is 0 Å². The number of primary amides is 1. The first-order chi connectivity index (χ1) is 8.66. The number of hydrogen-bond donors (Lipinski definition) is 2. The summed E-state index contributed by atoms with van der Waals surface area (Å²) in [6, 6.07) is 3.41. The topological polar surface area (TPSA) is 80.9 Å². The minimum atomic E-state index is -0.464. The summed E-state index contributed by atoms with van der Waals surface area (Å²) in [5.74, 6) is 0.275. The summed E-state index contributed by atoms with van der Waals surface area (Å²) in [5.41, 5.74) is 8.49. The van der Waals surface area contributed by atoms with Crippen LogP contribution in [0.2, 0.25) is 0 Å². The van der Waals surface area contributed by atoms with Crippen LogP contribution in [0.5, 0.6) is 0 Å². The molecule has 0 aliphatic heterocycles. The summed E-state index contributed by atoms with van der Waals surface area (Å²) in [6.45, 7) is 2.79. The third kappa shape index (κ3) is 3.04. The van der Waals surface area contributed by atoms with Gasteiger partial charge in [0.1, 0.15) is 5.82 Å². The highest BCUT2D eigenvalue weighted by atomic mass is 32.1. The molecule has 0 unspecified atom stereocenters. The lowest BCUT2D eigenvalue weighted by atomic mass is 10.2. The minimum Gasteiger partial charge on any atom is -0.370 e. The van der Waals surface area contributed by atoms with E-state index in [0.29, 0.717) is 5.56 Å². The summed E-state index contributed by atoms with van der Waals surface area (Å²) in [4.78, 5) is 20.5. The smallest absolute Gasteiger partial charge is 0.250 e. The summed E-state index contributed by atoms with van der Waals surface area (Å²) in [7, 11) is 0. The number of anilines is 1. The monoisotopic (exact) mass is 262 g/mol. The highest BCUT2D eigenvalue weighted by molar-refractivity contribution is 7.09. The van der Waals surface area contributed by atoms with E-state index in [-0.39, 0.29) is 0 Å². The van der Waals surface area contributed by atoms with E-state index in [1.165, 1.54) is 11.1 Å².